The molecule has 1 heterocycles. The standard InChI is InChI=1S/C17H16N4O2/c1-10(2)23-14-7-5-4-6-11(14)15-12(8-18)16(20)21-17(22-3)13(15)9-19/h4-7,10H,1-3H3,(H2,20,21)/p+1. The zero-order valence-corrected chi connectivity index (χ0v) is 13.2. The number of aromatic nitrogens is 1. The Labute approximate surface area is 134 Å². The summed E-state index contributed by atoms with van der Waals surface area (Å²) in [5, 5.41) is 19.0. The normalized spacial score (nSPS) is 10.0. The summed E-state index contributed by atoms with van der Waals surface area (Å²) in [6.45, 7) is 3.81. The summed E-state index contributed by atoms with van der Waals surface area (Å²) in [4.78, 5) is 2.74. The van der Waals surface area contributed by atoms with Gasteiger partial charge in [0.2, 0.25) is 0 Å². The number of anilines is 1. The molecule has 0 amide bonds. The second kappa shape index (κ2) is 6.67. The van der Waals surface area contributed by atoms with Gasteiger partial charge in [-0.25, -0.2) is 4.98 Å². The maximum atomic E-state index is 9.53. The van der Waals surface area contributed by atoms with Gasteiger partial charge >= 0.3 is 5.88 Å². The summed E-state index contributed by atoms with van der Waals surface area (Å²) in [5.41, 5.74) is 7.32. The maximum absolute atomic E-state index is 9.53. The minimum Gasteiger partial charge on any atom is -0.490 e. The molecule has 0 saturated carbocycles. The number of rotatable bonds is 4. The lowest BCUT2D eigenvalue weighted by Gasteiger charge is -2.16. The fraction of sp³-hybridized carbons (Fsp3) is 0.235. The molecule has 0 fully saturated rings. The highest BCUT2D eigenvalue weighted by molar-refractivity contribution is 5.84. The van der Waals surface area contributed by atoms with Gasteiger partial charge in [-0.1, -0.05) is 18.2 Å². The summed E-state index contributed by atoms with van der Waals surface area (Å²) in [6, 6.07) is 11.3. The average molecular weight is 309 g/mol. The fourth-order valence-corrected chi connectivity index (χ4v) is 2.30. The van der Waals surface area contributed by atoms with Gasteiger partial charge in [0, 0.05) is 11.1 Å². The molecule has 23 heavy (non-hydrogen) atoms. The minimum absolute atomic E-state index is 0.0539. The largest absolute Gasteiger partial charge is 0.490 e. The number of pyridine rings is 1. The van der Waals surface area contributed by atoms with Crippen LogP contribution in [0.25, 0.3) is 11.1 Å². The molecule has 0 radical (unpaired) electrons. The highest BCUT2D eigenvalue weighted by Crippen LogP contribution is 2.38. The third-order valence-electron chi connectivity index (χ3n) is 3.19. The van der Waals surface area contributed by atoms with E-state index in [1.807, 2.05) is 26.0 Å². The zero-order chi connectivity index (χ0) is 17.0. The Morgan fingerprint density at radius 2 is 1.78 bits per heavy atom. The minimum atomic E-state index is -0.0539. The first-order valence-electron chi connectivity index (χ1n) is 7.02. The van der Waals surface area contributed by atoms with Crippen LogP contribution in [0.3, 0.4) is 0 Å². The molecule has 1 aromatic carbocycles. The fourth-order valence-electron chi connectivity index (χ4n) is 2.30. The molecular formula is C17H17N4O2+. The van der Waals surface area contributed by atoms with E-state index in [0.717, 1.165) is 0 Å². The van der Waals surface area contributed by atoms with Crippen LogP contribution in [0, 0.1) is 22.7 Å². The van der Waals surface area contributed by atoms with Crippen molar-refractivity contribution in [1.29, 1.82) is 10.5 Å². The third kappa shape index (κ3) is 3.02. The predicted molar refractivity (Wildman–Crippen MR) is 84.6 cm³/mol. The molecule has 0 aliphatic rings. The first kappa shape index (κ1) is 16.1. The smallest absolute Gasteiger partial charge is 0.300 e. The van der Waals surface area contributed by atoms with Crippen molar-refractivity contribution in [3.63, 3.8) is 0 Å². The van der Waals surface area contributed by atoms with E-state index in [1.54, 1.807) is 12.1 Å². The first-order valence-corrected chi connectivity index (χ1v) is 7.02. The summed E-state index contributed by atoms with van der Waals surface area (Å²) < 4.78 is 11.0. The Bertz CT molecular complexity index is 817. The van der Waals surface area contributed by atoms with Crippen molar-refractivity contribution in [2.75, 3.05) is 12.8 Å². The molecule has 1 aromatic heterocycles. The van der Waals surface area contributed by atoms with Crippen LogP contribution in [0.4, 0.5) is 5.82 Å². The van der Waals surface area contributed by atoms with Gasteiger partial charge < -0.3 is 9.47 Å². The van der Waals surface area contributed by atoms with Crippen LogP contribution in [0.5, 0.6) is 11.6 Å². The number of nitrogens with two attached hydrogens (primary N) is 1. The number of ether oxygens (including phenoxy) is 2. The molecule has 0 bridgehead atoms. The Hall–Kier alpha value is -3.25. The van der Waals surface area contributed by atoms with Crippen LogP contribution in [0.15, 0.2) is 24.3 Å². The Morgan fingerprint density at radius 1 is 1.13 bits per heavy atom. The zero-order valence-electron chi connectivity index (χ0n) is 13.2. The van der Waals surface area contributed by atoms with Crippen molar-refractivity contribution in [2.24, 2.45) is 0 Å². The average Bonchev–Trinajstić information content (AvgIpc) is 2.53. The third-order valence-corrected chi connectivity index (χ3v) is 3.19. The van der Waals surface area contributed by atoms with Gasteiger partial charge in [-0.3, -0.25) is 5.73 Å². The quantitative estimate of drug-likeness (QED) is 0.932. The molecule has 2 aromatic rings. The summed E-state index contributed by atoms with van der Waals surface area (Å²) >= 11 is 0. The molecule has 2 rings (SSSR count). The van der Waals surface area contributed by atoms with Crippen LogP contribution in [0.1, 0.15) is 25.0 Å². The van der Waals surface area contributed by atoms with Crippen LogP contribution >= 0.6 is 0 Å². The van der Waals surface area contributed by atoms with E-state index >= 15 is 0 Å². The molecule has 0 unspecified atom stereocenters. The van der Waals surface area contributed by atoms with E-state index < -0.39 is 0 Å². The number of benzene rings is 1. The monoisotopic (exact) mass is 309 g/mol. The van der Waals surface area contributed by atoms with E-state index in [0.29, 0.717) is 16.9 Å². The lowest BCUT2D eigenvalue weighted by Crippen LogP contribution is -2.18. The number of methoxy groups -OCH3 is 1. The molecule has 6 heteroatoms. The molecule has 0 spiro atoms. The van der Waals surface area contributed by atoms with Gasteiger partial charge in [0.05, 0.1) is 13.2 Å². The molecule has 0 aliphatic heterocycles. The molecule has 0 atom stereocenters. The van der Waals surface area contributed by atoms with Crippen LogP contribution in [-0.4, -0.2) is 13.2 Å². The van der Waals surface area contributed by atoms with Gasteiger partial charge in [-0.15, -0.1) is 0 Å². The lowest BCUT2D eigenvalue weighted by molar-refractivity contribution is -0.376. The van der Waals surface area contributed by atoms with Crippen LogP contribution < -0.4 is 20.2 Å². The van der Waals surface area contributed by atoms with Crippen molar-refractivity contribution in [3.05, 3.63) is 35.4 Å². The lowest BCUT2D eigenvalue weighted by atomic mass is 9.95. The van der Waals surface area contributed by atoms with Crippen molar-refractivity contribution in [2.45, 2.75) is 20.0 Å². The van der Waals surface area contributed by atoms with Gasteiger partial charge in [-0.2, -0.15) is 10.5 Å². The molecule has 6 nitrogen and oxygen atoms in total. The molecule has 0 saturated heterocycles. The number of para-hydroxylation sites is 1. The SMILES string of the molecule is COc1[nH+]c(N)c(C#N)c(-c2ccccc2OC(C)C)c1C#N. The van der Waals surface area contributed by atoms with Gasteiger partial charge in [-0.05, 0) is 19.9 Å². The van der Waals surface area contributed by atoms with Gasteiger partial charge in [0.1, 0.15) is 23.5 Å². The van der Waals surface area contributed by atoms with Crippen molar-refractivity contribution in [3.8, 4) is 34.9 Å². The number of H-pyrrole nitrogens is 1. The van der Waals surface area contributed by atoms with E-state index in [4.69, 9.17) is 15.2 Å². The Balaban J connectivity index is 2.86. The first-order chi connectivity index (χ1) is 11.0. The highest BCUT2D eigenvalue weighted by atomic mass is 16.5. The van der Waals surface area contributed by atoms with E-state index in [1.165, 1.54) is 7.11 Å². The topological polar surface area (TPSA) is 106 Å². The summed E-state index contributed by atoms with van der Waals surface area (Å²) in [5.74, 6) is 0.916. The number of aromatic amines is 1. The summed E-state index contributed by atoms with van der Waals surface area (Å²) in [7, 11) is 1.43. The number of hydrogen-bond acceptors (Lipinski definition) is 5. The van der Waals surface area contributed by atoms with Gasteiger partial charge in [0.25, 0.3) is 5.82 Å². The second-order valence-corrected chi connectivity index (χ2v) is 5.08. The molecule has 116 valence electrons. The van der Waals surface area contributed by atoms with Crippen LogP contribution in [-0.2, 0) is 0 Å². The number of nitriles is 2. The second-order valence-electron chi connectivity index (χ2n) is 5.08. The molecule has 3 N–H and O–H groups in total. The Kier molecular flexibility index (Phi) is 4.68. The van der Waals surface area contributed by atoms with E-state index in [-0.39, 0.29) is 28.9 Å². The van der Waals surface area contributed by atoms with Gasteiger partial charge in [0.15, 0.2) is 5.56 Å². The van der Waals surface area contributed by atoms with Crippen molar-refractivity contribution >= 4 is 5.82 Å². The number of hydrogen-bond donors (Lipinski definition) is 1. The number of nitrogens with zero attached hydrogens (tertiary/aromatic N) is 2. The van der Waals surface area contributed by atoms with E-state index in [2.05, 4.69) is 17.1 Å². The number of nitrogens with one attached hydrogen (secondary N) is 1. The molecular weight excluding hydrogens is 292 g/mol. The highest BCUT2D eigenvalue weighted by Gasteiger charge is 2.26. The predicted octanol–water partition coefficient (Wildman–Crippen LogP) is 2.29. The van der Waals surface area contributed by atoms with Crippen molar-refractivity contribution < 1.29 is 14.5 Å². The molecule has 0 aliphatic carbocycles. The Morgan fingerprint density at radius 3 is 2.35 bits per heavy atom. The maximum Gasteiger partial charge on any atom is 0.300 e. The van der Waals surface area contributed by atoms with E-state index in [9.17, 15) is 10.5 Å². The van der Waals surface area contributed by atoms with Crippen LogP contribution in [0.2, 0.25) is 0 Å². The number of nitrogen functional groups attached to an aromatic ring is 1. The van der Waals surface area contributed by atoms with Crippen molar-refractivity contribution in [1.82, 2.24) is 0 Å². The summed E-state index contributed by atoms with van der Waals surface area (Å²) in [6.07, 6.45) is -0.0539.